The van der Waals surface area contributed by atoms with Crippen molar-refractivity contribution in [1.29, 1.82) is 0 Å². The van der Waals surface area contributed by atoms with Gasteiger partial charge in [0.05, 0.1) is 3.92 Å². The highest BCUT2D eigenvalue weighted by Gasteiger charge is 2.11. The minimum absolute atomic E-state index is 0.635. The van der Waals surface area contributed by atoms with Crippen LogP contribution in [0.5, 0.6) is 0 Å². The van der Waals surface area contributed by atoms with E-state index in [2.05, 4.69) is 54.7 Å². The summed E-state index contributed by atoms with van der Waals surface area (Å²) in [4.78, 5) is 0. The van der Waals surface area contributed by atoms with E-state index < -0.39 is 0 Å². The van der Waals surface area contributed by atoms with Gasteiger partial charge in [0.25, 0.3) is 0 Å². The average molecular weight is 233 g/mol. The zero-order chi connectivity index (χ0) is 6.85. The van der Waals surface area contributed by atoms with Crippen molar-refractivity contribution in [3.63, 3.8) is 0 Å². The number of rotatable bonds is 0. The Morgan fingerprint density at radius 2 is 2.11 bits per heavy atom. The average Bonchev–Trinajstić information content (AvgIpc) is 1.80. The number of halogens is 1. The summed E-state index contributed by atoms with van der Waals surface area (Å²) in [5, 5.41) is 0. The Balaban J connectivity index is 2.70. The second kappa shape index (κ2) is 2.86. The third kappa shape index (κ3) is 1.81. The van der Waals surface area contributed by atoms with Crippen LogP contribution in [0.25, 0.3) is 0 Å². The molecule has 1 atom stereocenters. The lowest BCUT2D eigenvalue weighted by molar-refractivity contribution is 0.856. The topological polar surface area (TPSA) is 0 Å². The Labute approximate surface area is 70.2 Å². The molecule has 0 saturated carbocycles. The summed E-state index contributed by atoms with van der Waals surface area (Å²) < 4.78 is 1.43. The maximum Gasteiger partial charge on any atom is 0.0650 e. The Morgan fingerprint density at radius 1 is 1.44 bits per heavy atom. The summed E-state index contributed by atoms with van der Waals surface area (Å²) in [6, 6.07) is 0. The van der Waals surface area contributed by atoms with E-state index in [1.54, 1.807) is 0 Å². The summed E-state index contributed by atoms with van der Waals surface area (Å²) in [6.45, 7) is 4.35. The molecule has 1 heteroatoms. The van der Waals surface area contributed by atoms with Crippen LogP contribution < -0.4 is 0 Å². The lowest BCUT2D eigenvalue weighted by atomic mass is 9.99. The van der Waals surface area contributed by atoms with Crippen molar-refractivity contribution < 1.29 is 0 Å². The van der Waals surface area contributed by atoms with Crippen LogP contribution in [0.15, 0.2) is 23.8 Å². The van der Waals surface area contributed by atoms with E-state index in [1.807, 2.05) is 0 Å². The molecule has 9 heavy (non-hydrogen) atoms. The molecule has 0 nitrogen and oxygen atoms in total. The maximum absolute atomic E-state index is 2.38. The van der Waals surface area contributed by atoms with E-state index >= 15 is 0 Å². The molecule has 1 unspecified atom stereocenters. The lowest BCUT2D eigenvalue weighted by Gasteiger charge is -2.14. The van der Waals surface area contributed by atoms with Crippen LogP contribution in [-0.4, -0.2) is 0 Å². The van der Waals surface area contributed by atoms with Crippen molar-refractivity contribution in [1.82, 2.24) is 0 Å². The van der Waals surface area contributed by atoms with Crippen molar-refractivity contribution >= 4 is 22.6 Å². The number of hydrogen-bond donors (Lipinski definition) is 0. The number of hydrogen-bond acceptors (Lipinski definition) is 0. The molecular formula is C8H10I. The standard InChI is InChI=1S/C8H10I/c1-6-3-4-8(9)7(2)5-6/h3-5,7H,1-2H3. The normalized spacial score (nSPS) is 28.3. The number of allylic oxidation sites excluding steroid dienone is 4. The molecule has 0 saturated heterocycles. The van der Waals surface area contributed by atoms with Gasteiger partial charge in [-0.15, -0.1) is 0 Å². The fourth-order valence-electron chi connectivity index (χ4n) is 0.892. The van der Waals surface area contributed by atoms with Gasteiger partial charge in [0.1, 0.15) is 0 Å². The highest BCUT2D eigenvalue weighted by atomic mass is 127. The van der Waals surface area contributed by atoms with E-state index in [4.69, 9.17) is 0 Å². The van der Waals surface area contributed by atoms with Gasteiger partial charge in [-0.25, -0.2) is 0 Å². The minimum atomic E-state index is 0.635. The van der Waals surface area contributed by atoms with Gasteiger partial charge in [-0.3, -0.25) is 0 Å². The molecule has 0 N–H and O–H groups in total. The molecule has 1 radical (unpaired) electrons. The van der Waals surface area contributed by atoms with E-state index in [0.717, 1.165) is 0 Å². The highest BCUT2D eigenvalue weighted by Crippen LogP contribution is 2.29. The van der Waals surface area contributed by atoms with Gasteiger partial charge >= 0.3 is 0 Å². The first-order valence-corrected chi connectivity index (χ1v) is 4.17. The predicted molar refractivity (Wildman–Crippen MR) is 49.3 cm³/mol. The van der Waals surface area contributed by atoms with Gasteiger partial charge in [0.15, 0.2) is 0 Å². The van der Waals surface area contributed by atoms with E-state index in [-0.39, 0.29) is 0 Å². The summed E-state index contributed by atoms with van der Waals surface area (Å²) in [5.74, 6) is 0.635. The molecule has 0 aliphatic heterocycles. The smallest absolute Gasteiger partial charge is 0.0650 e. The van der Waals surface area contributed by atoms with Crippen LogP contribution in [0, 0.1) is 9.84 Å². The molecule has 0 heterocycles. The van der Waals surface area contributed by atoms with E-state index in [0.29, 0.717) is 5.92 Å². The van der Waals surface area contributed by atoms with Crippen molar-refractivity contribution in [3.8, 4) is 0 Å². The zero-order valence-electron chi connectivity index (χ0n) is 5.69. The molecule has 0 spiro atoms. The Morgan fingerprint density at radius 3 is 2.56 bits per heavy atom. The molecule has 0 fully saturated rings. The van der Waals surface area contributed by atoms with Crippen LogP contribution in [0.1, 0.15) is 13.8 Å². The highest BCUT2D eigenvalue weighted by molar-refractivity contribution is 14.1. The molecular weight excluding hydrogens is 223 g/mol. The largest absolute Gasteiger partial charge is 0.0771 e. The lowest BCUT2D eigenvalue weighted by Crippen LogP contribution is -2.00. The van der Waals surface area contributed by atoms with Crippen LogP contribution in [0.4, 0.5) is 0 Å². The first kappa shape index (κ1) is 7.32. The van der Waals surface area contributed by atoms with E-state index in [9.17, 15) is 0 Å². The molecule has 0 aromatic heterocycles. The molecule has 0 amide bonds. The molecule has 0 bridgehead atoms. The second-order valence-corrected chi connectivity index (χ2v) is 3.66. The van der Waals surface area contributed by atoms with Gasteiger partial charge in [0, 0.05) is 0 Å². The van der Waals surface area contributed by atoms with Crippen LogP contribution in [0.2, 0.25) is 0 Å². The third-order valence-electron chi connectivity index (χ3n) is 1.45. The molecule has 0 aromatic rings. The van der Waals surface area contributed by atoms with Gasteiger partial charge in [-0.05, 0) is 12.8 Å². The molecule has 1 aliphatic carbocycles. The zero-order valence-corrected chi connectivity index (χ0v) is 7.84. The Hall–Kier alpha value is 0.210. The SMILES string of the molecule is CC1=CC(C)[C](I)C=C1. The fourth-order valence-corrected chi connectivity index (χ4v) is 1.25. The van der Waals surface area contributed by atoms with Crippen molar-refractivity contribution in [2.75, 3.05) is 0 Å². The van der Waals surface area contributed by atoms with Gasteiger partial charge in [-0.1, -0.05) is 53.3 Å². The minimum Gasteiger partial charge on any atom is -0.0771 e. The Kier molecular flexibility index (Phi) is 2.33. The summed E-state index contributed by atoms with van der Waals surface area (Å²) in [6.07, 6.45) is 6.62. The monoisotopic (exact) mass is 233 g/mol. The van der Waals surface area contributed by atoms with E-state index in [1.165, 1.54) is 9.50 Å². The Bertz CT molecular complexity index is 156. The fraction of sp³-hybridized carbons (Fsp3) is 0.375. The molecule has 49 valence electrons. The summed E-state index contributed by atoms with van der Waals surface area (Å²) >= 11 is 2.38. The van der Waals surface area contributed by atoms with Crippen LogP contribution in [-0.2, 0) is 0 Å². The van der Waals surface area contributed by atoms with Gasteiger partial charge in [0.2, 0.25) is 0 Å². The van der Waals surface area contributed by atoms with Gasteiger partial charge < -0.3 is 0 Å². The molecule has 1 aliphatic rings. The molecule has 0 aromatic carbocycles. The maximum atomic E-state index is 2.38. The van der Waals surface area contributed by atoms with Crippen LogP contribution in [0.3, 0.4) is 0 Å². The first-order chi connectivity index (χ1) is 4.20. The second-order valence-electron chi connectivity index (χ2n) is 2.42. The van der Waals surface area contributed by atoms with Crippen molar-refractivity contribution in [2.45, 2.75) is 13.8 Å². The summed E-state index contributed by atoms with van der Waals surface area (Å²) in [7, 11) is 0. The summed E-state index contributed by atoms with van der Waals surface area (Å²) in [5.41, 5.74) is 1.38. The van der Waals surface area contributed by atoms with Gasteiger partial charge in [-0.2, -0.15) is 0 Å². The first-order valence-electron chi connectivity index (χ1n) is 3.09. The molecule has 1 rings (SSSR count). The predicted octanol–water partition coefficient (Wildman–Crippen LogP) is 3.11. The third-order valence-corrected chi connectivity index (χ3v) is 2.80. The van der Waals surface area contributed by atoms with Crippen LogP contribution >= 0.6 is 22.6 Å². The quantitative estimate of drug-likeness (QED) is 0.564. The van der Waals surface area contributed by atoms with Crippen molar-refractivity contribution in [3.05, 3.63) is 27.7 Å². The van der Waals surface area contributed by atoms with Crippen molar-refractivity contribution in [2.24, 2.45) is 5.92 Å².